The van der Waals surface area contributed by atoms with E-state index in [4.69, 9.17) is 4.52 Å². The van der Waals surface area contributed by atoms with Crippen molar-refractivity contribution in [3.8, 4) is 0 Å². The van der Waals surface area contributed by atoms with Gasteiger partial charge < -0.3 is 9.84 Å². The van der Waals surface area contributed by atoms with Crippen molar-refractivity contribution in [2.45, 2.75) is 25.7 Å². The number of nitrogens with zero attached hydrogens (tertiary/aromatic N) is 2. The van der Waals surface area contributed by atoms with Crippen LogP contribution in [0.25, 0.3) is 5.57 Å². The van der Waals surface area contributed by atoms with Crippen LogP contribution in [0.1, 0.15) is 37.4 Å². The quantitative estimate of drug-likeness (QED) is 0.796. The first-order valence-corrected chi connectivity index (χ1v) is 5.58. The van der Waals surface area contributed by atoms with E-state index in [1.807, 2.05) is 0 Å². The second-order valence-electron chi connectivity index (χ2n) is 4.53. The topological polar surface area (TPSA) is 51.0 Å². The normalized spacial score (nSPS) is 26.5. The van der Waals surface area contributed by atoms with Gasteiger partial charge in [0.05, 0.1) is 0 Å². The van der Waals surface area contributed by atoms with E-state index in [0.717, 1.165) is 24.5 Å². The summed E-state index contributed by atoms with van der Waals surface area (Å²) >= 11 is 0. The number of rotatable bonds is 2. The minimum atomic E-state index is 0.546. The van der Waals surface area contributed by atoms with Gasteiger partial charge in [-0.25, -0.2) is 0 Å². The molecule has 1 aliphatic carbocycles. The monoisotopic (exact) mass is 205 g/mol. The van der Waals surface area contributed by atoms with Crippen LogP contribution in [0.5, 0.6) is 0 Å². The van der Waals surface area contributed by atoms with Crippen molar-refractivity contribution in [3.63, 3.8) is 0 Å². The Morgan fingerprint density at radius 3 is 3.07 bits per heavy atom. The Balaban J connectivity index is 1.84. The zero-order valence-electron chi connectivity index (χ0n) is 8.86. The van der Waals surface area contributed by atoms with Crippen LogP contribution in [0.4, 0.5) is 0 Å². The Morgan fingerprint density at radius 2 is 2.33 bits per heavy atom. The first-order chi connectivity index (χ1) is 7.33. The van der Waals surface area contributed by atoms with E-state index in [0.29, 0.717) is 17.7 Å². The molecule has 0 radical (unpaired) electrons. The molecule has 1 aliphatic heterocycles. The summed E-state index contributed by atoms with van der Waals surface area (Å²) in [5.74, 6) is 2.71. The third-order valence-corrected chi connectivity index (χ3v) is 2.93. The predicted octanol–water partition coefficient (Wildman–Crippen LogP) is 1.57. The Labute approximate surface area is 88.7 Å². The minimum Gasteiger partial charge on any atom is -0.334 e. The Morgan fingerprint density at radius 1 is 1.47 bits per heavy atom. The van der Waals surface area contributed by atoms with Crippen LogP contribution in [-0.4, -0.2) is 23.2 Å². The van der Waals surface area contributed by atoms with Gasteiger partial charge in [0.2, 0.25) is 0 Å². The maximum Gasteiger partial charge on any atom is 0.254 e. The molecule has 0 aromatic carbocycles. The number of hydrogen-bond acceptors (Lipinski definition) is 4. The fourth-order valence-corrected chi connectivity index (χ4v) is 1.92. The molecule has 0 unspecified atom stereocenters. The van der Waals surface area contributed by atoms with E-state index in [-0.39, 0.29) is 0 Å². The highest BCUT2D eigenvalue weighted by Gasteiger charge is 2.29. The summed E-state index contributed by atoms with van der Waals surface area (Å²) in [6, 6.07) is 0. The van der Waals surface area contributed by atoms with Gasteiger partial charge in [0.15, 0.2) is 5.82 Å². The average molecular weight is 205 g/mol. The lowest BCUT2D eigenvalue weighted by Crippen LogP contribution is -2.27. The van der Waals surface area contributed by atoms with Crippen molar-refractivity contribution in [2.75, 3.05) is 13.1 Å². The van der Waals surface area contributed by atoms with Gasteiger partial charge in [-0.1, -0.05) is 18.2 Å². The van der Waals surface area contributed by atoms with Gasteiger partial charge in [-0.2, -0.15) is 4.98 Å². The van der Waals surface area contributed by atoms with E-state index in [2.05, 4.69) is 28.5 Å². The Kier molecular flexibility index (Phi) is 2.09. The highest BCUT2D eigenvalue weighted by Crippen LogP contribution is 2.38. The van der Waals surface area contributed by atoms with Gasteiger partial charge in [-0.05, 0) is 18.8 Å². The maximum absolute atomic E-state index is 5.28. The highest BCUT2D eigenvalue weighted by molar-refractivity contribution is 5.61. The number of aromatic nitrogens is 2. The average Bonchev–Trinajstić information content (AvgIpc) is 2.97. The van der Waals surface area contributed by atoms with E-state index in [1.165, 1.54) is 12.8 Å². The predicted molar refractivity (Wildman–Crippen MR) is 56.3 cm³/mol. The van der Waals surface area contributed by atoms with Gasteiger partial charge in [-0.3, -0.25) is 0 Å². The lowest BCUT2D eigenvalue weighted by molar-refractivity contribution is 0.397. The third kappa shape index (κ3) is 1.81. The summed E-state index contributed by atoms with van der Waals surface area (Å²) in [5, 5.41) is 7.36. The van der Waals surface area contributed by atoms with E-state index >= 15 is 0 Å². The minimum absolute atomic E-state index is 0.546. The van der Waals surface area contributed by atoms with Crippen molar-refractivity contribution >= 4 is 5.57 Å². The molecule has 1 aromatic heterocycles. The number of hydrogen-bond donors (Lipinski definition) is 1. The van der Waals surface area contributed by atoms with Crippen molar-refractivity contribution in [2.24, 2.45) is 5.92 Å². The highest BCUT2D eigenvalue weighted by atomic mass is 16.5. The summed E-state index contributed by atoms with van der Waals surface area (Å²) in [6.45, 7) is 4.06. The molecule has 1 atom stereocenters. The van der Waals surface area contributed by atoms with Gasteiger partial charge in [-0.15, -0.1) is 0 Å². The molecule has 1 N–H and O–H groups in total. The Hall–Kier alpha value is -1.16. The van der Waals surface area contributed by atoms with Crippen LogP contribution in [0.3, 0.4) is 0 Å². The molecule has 3 rings (SSSR count). The molecule has 1 aromatic rings. The molecule has 2 aliphatic rings. The van der Waals surface area contributed by atoms with Crippen LogP contribution >= 0.6 is 0 Å². The summed E-state index contributed by atoms with van der Waals surface area (Å²) in [4.78, 5) is 4.44. The fourth-order valence-electron chi connectivity index (χ4n) is 1.92. The van der Waals surface area contributed by atoms with Crippen molar-refractivity contribution in [1.29, 1.82) is 0 Å². The summed E-state index contributed by atoms with van der Waals surface area (Å²) < 4.78 is 5.28. The van der Waals surface area contributed by atoms with Crippen molar-refractivity contribution in [3.05, 3.63) is 17.8 Å². The smallest absolute Gasteiger partial charge is 0.254 e. The zero-order chi connectivity index (χ0) is 10.3. The molecule has 80 valence electrons. The molecular formula is C11H15N3O. The molecule has 1 fully saturated rings. The molecule has 0 saturated heterocycles. The Bertz CT molecular complexity index is 392. The molecule has 15 heavy (non-hydrogen) atoms. The molecule has 1 saturated carbocycles. The second-order valence-corrected chi connectivity index (χ2v) is 4.53. The summed E-state index contributed by atoms with van der Waals surface area (Å²) in [5.41, 5.74) is 1.15. The second kappa shape index (κ2) is 3.45. The largest absolute Gasteiger partial charge is 0.334 e. The van der Waals surface area contributed by atoms with Gasteiger partial charge in [0, 0.05) is 24.6 Å². The first kappa shape index (κ1) is 9.09. The lowest BCUT2D eigenvalue weighted by atomic mass is 10.0. The molecular weight excluding hydrogens is 190 g/mol. The first-order valence-electron chi connectivity index (χ1n) is 5.58. The van der Waals surface area contributed by atoms with Crippen LogP contribution in [0.2, 0.25) is 0 Å². The third-order valence-electron chi connectivity index (χ3n) is 2.93. The SMILES string of the molecule is C[C@H]1C=C(c2nc(C3CC3)no2)CNC1. The van der Waals surface area contributed by atoms with Crippen molar-refractivity contribution in [1.82, 2.24) is 15.5 Å². The van der Waals surface area contributed by atoms with E-state index in [9.17, 15) is 0 Å². The van der Waals surface area contributed by atoms with E-state index in [1.54, 1.807) is 0 Å². The molecule has 0 spiro atoms. The van der Waals surface area contributed by atoms with Gasteiger partial charge in [0.25, 0.3) is 5.89 Å². The number of nitrogens with one attached hydrogen (secondary N) is 1. The summed E-state index contributed by atoms with van der Waals surface area (Å²) in [7, 11) is 0. The fraction of sp³-hybridized carbons (Fsp3) is 0.636. The van der Waals surface area contributed by atoms with Gasteiger partial charge >= 0.3 is 0 Å². The zero-order valence-corrected chi connectivity index (χ0v) is 8.86. The van der Waals surface area contributed by atoms with Crippen LogP contribution in [0, 0.1) is 5.92 Å². The molecule has 4 heteroatoms. The van der Waals surface area contributed by atoms with Crippen molar-refractivity contribution < 1.29 is 4.52 Å². The van der Waals surface area contributed by atoms with Crippen LogP contribution in [-0.2, 0) is 0 Å². The standard InChI is InChI=1S/C11H15N3O/c1-7-4-9(6-12-5-7)11-13-10(14-15-11)8-2-3-8/h4,7-8,12H,2-3,5-6H2,1H3/t7-/m0/s1. The van der Waals surface area contributed by atoms with Crippen LogP contribution < -0.4 is 5.32 Å². The molecule has 4 nitrogen and oxygen atoms in total. The maximum atomic E-state index is 5.28. The van der Waals surface area contributed by atoms with Gasteiger partial charge in [0.1, 0.15) is 0 Å². The van der Waals surface area contributed by atoms with E-state index < -0.39 is 0 Å². The molecule has 2 heterocycles. The molecule has 0 bridgehead atoms. The molecule has 0 amide bonds. The lowest BCUT2D eigenvalue weighted by Gasteiger charge is -2.16. The van der Waals surface area contributed by atoms with Crippen LogP contribution in [0.15, 0.2) is 10.6 Å². The summed E-state index contributed by atoms with van der Waals surface area (Å²) in [6.07, 6.45) is 4.65.